The minimum Gasteiger partial charge on any atom is -0.352 e. The van der Waals surface area contributed by atoms with Gasteiger partial charge in [-0.15, -0.1) is 11.3 Å². The number of carbonyl (C=O) groups is 1. The molecule has 0 spiro atoms. The summed E-state index contributed by atoms with van der Waals surface area (Å²) in [5.74, 6) is -0.0242. The molecule has 0 saturated carbocycles. The maximum Gasteiger partial charge on any atom is 0.226 e. The molecule has 0 aliphatic rings. The van der Waals surface area contributed by atoms with E-state index in [0.717, 1.165) is 39.8 Å². The van der Waals surface area contributed by atoms with Crippen molar-refractivity contribution in [1.29, 1.82) is 0 Å². The van der Waals surface area contributed by atoms with Crippen LogP contribution < -0.4 is 5.32 Å². The first-order valence-electron chi connectivity index (χ1n) is 9.92. The molecule has 6 heteroatoms. The molecule has 0 aliphatic carbocycles. The van der Waals surface area contributed by atoms with Crippen LogP contribution in [0.2, 0.25) is 0 Å². The number of hydrogen-bond acceptors (Lipinski definition) is 4. The van der Waals surface area contributed by atoms with Crippen molar-refractivity contribution in [3.8, 4) is 10.6 Å². The van der Waals surface area contributed by atoms with E-state index < -0.39 is 0 Å². The van der Waals surface area contributed by atoms with Gasteiger partial charge in [-0.2, -0.15) is 5.10 Å². The van der Waals surface area contributed by atoms with Crippen LogP contribution in [0.3, 0.4) is 0 Å². The van der Waals surface area contributed by atoms with Gasteiger partial charge in [0.05, 0.1) is 24.4 Å². The molecular weight excluding hydrogens is 392 g/mol. The van der Waals surface area contributed by atoms with Gasteiger partial charge in [0.2, 0.25) is 5.91 Å². The Hall–Kier alpha value is -3.25. The van der Waals surface area contributed by atoms with Crippen molar-refractivity contribution in [2.75, 3.05) is 0 Å². The normalized spacial score (nSPS) is 10.9. The van der Waals surface area contributed by atoms with E-state index in [4.69, 9.17) is 0 Å². The molecule has 0 aliphatic heterocycles. The first-order chi connectivity index (χ1) is 14.6. The Labute approximate surface area is 180 Å². The van der Waals surface area contributed by atoms with Crippen LogP contribution in [0.15, 0.2) is 66.0 Å². The average Bonchev–Trinajstić information content (AvgIpc) is 3.33. The van der Waals surface area contributed by atoms with Crippen LogP contribution in [0.5, 0.6) is 0 Å². The van der Waals surface area contributed by atoms with Gasteiger partial charge in [0.25, 0.3) is 0 Å². The zero-order chi connectivity index (χ0) is 20.9. The summed E-state index contributed by atoms with van der Waals surface area (Å²) in [4.78, 5) is 17.0. The smallest absolute Gasteiger partial charge is 0.226 e. The van der Waals surface area contributed by atoms with E-state index in [1.54, 1.807) is 11.3 Å². The molecule has 5 nitrogen and oxygen atoms in total. The molecule has 2 aromatic heterocycles. The summed E-state index contributed by atoms with van der Waals surface area (Å²) in [6, 6.07) is 20.4. The van der Waals surface area contributed by atoms with Gasteiger partial charge in [-0.25, -0.2) is 4.98 Å². The number of amides is 1. The van der Waals surface area contributed by atoms with Crippen LogP contribution in [0, 0.1) is 13.8 Å². The second-order valence-electron chi connectivity index (χ2n) is 7.37. The number of rotatable bonds is 7. The van der Waals surface area contributed by atoms with Crippen molar-refractivity contribution in [2.45, 2.75) is 33.4 Å². The van der Waals surface area contributed by atoms with Crippen molar-refractivity contribution in [3.63, 3.8) is 0 Å². The number of aryl methyl sites for hydroxylation is 2. The van der Waals surface area contributed by atoms with Gasteiger partial charge in [-0.1, -0.05) is 54.6 Å². The van der Waals surface area contributed by atoms with Crippen LogP contribution in [0.4, 0.5) is 0 Å². The van der Waals surface area contributed by atoms with E-state index in [1.807, 2.05) is 59.5 Å². The van der Waals surface area contributed by atoms with Crippen LogP contribution in [-0.4, -0.2) is 20.7 Å². The monoisotopic (exact) mass is 416 g/mol. The lowest BCUT2D eigenvalue weighted by atomic mass is 10.1. The van der Waals surface area contributed by atoms with Crippen molar-refractivity contribution >= 4 is 17.2 Å². The molecular formula is C24H24N4OS. The SMILES string of the molecule is Cc1cc(C)n(Cc2cccc(CNC(=O)Cc3csc(-c4ccccc4)n3)c2)n1. The third kappa shape index (κ3) is 5.02. The predicted octanol–water partition coefficient (Wildman–Crippen LogP) is 4.53. The second-order valence-corrected chi connectivity index (χ2v) is 8.23. The molecule has 0 saturated heterocycles. The third-order valence-corrected chi connectivity index (χ3v) is 5.77. The van der Waals surface area contributed by atoms with Crippen molar-refractivity contribution in [1.82, 2.24) is 20.1 Å². The predicted molar refractivity (Wildman–Crippen MR) is 120 cm³/mol. The van der Waals surface area contributed by atoms with Gasteiger partial charge < -0.3 is 5.32 Å². The number of nitrogens with one attached hydrogen (secondary N) is 1. The Morgan fingerprint density at radius 3 is 2.60 bits per heavy atom. The molecule has 4 rings (SSSR count). The van der Waals surface area contributed by atoms with E-state index in [9.17, 15) is 4.79 Å². The van der Waals surface area contributed by atoms with Gasteiger partial charge in [0, 0.05) is 23.2 Å². The first kappa shape index (κ1) is 20.0. The summed E-state index contributed by atoms with van der Waals surface area (Å²) in [7, 11) is 0. The Bertz CT molecular complexity index is 1150. The van der Waals surface area contributed by atoms with E-state index >= 15 is 0 Å². The molecule has 4 aromatic rings. The molecule has 0 fully saturated rings. The van der Waals surface area contributed by atoms with Crippen LogP contribution in [-0.2, 0) is 24.3 Å². The standard InChI is InChI=1S/C24H24N4OS/c1-17-11-18(2)28(27-17)15-20-8-6-7-19(12-20)14-25-23(29)13-22-16-30-24(26-22)21-9-4-3-5-10-21/h3-12,16H,13-15H2,1-2H3,(H,25,29). The van der Waals surface area contributed by atoms with Gasteiger partial charge in [-0.05, 0) is 31.0 Å². The van der Waals surface area contributed by atoms with Crippen LogP contribution in [0.1, 0.15) is 28.2 Å². The summed E-state index contributed by atoms with van der Waals surface area (Å²) < 4.78 is 2.00. The summed E-state index contributed by atoms with van der Waals surface area (Å²) >= 11 is 1.57. The Morgan fingerprint density at radius 1 is 1.03 bits per heavy atom. The summed E-state index contributed by atoms with van der Waals surface area (Å²) in [5, 5.41) is 10.4. The number of thiazole rings is 1. The quantitative estimate of drug-likeness (QED) is 0.481. The van der Waals surface area contributed by atoms with Crippen LogP contribution in [0.25, 0.3) is 10.6 Å². The van der Waals surface area contributed by atoms with E-state index in [2.05, 4.69) is 40.5 Å². The number of hydrogen-bond donors (Lipinski definition) is 1. The maximum absolute atomic E-state index is 12.4. The minimum absolute atomic E-state index is 0.0242. The fourth-order valence-corrected chi connectivity index (χ4v) is 4.20. The van der Waals surface area contributed by atoms with E-state index in [0.29, 0.717) is 6.54 Å². The van der Waals surface area contributed by atoms with E-state index in [-0.39, 0.29) is 12.3 Å². The molecule has 152 valence electrons. The highest BCUT2D eigenvalue weighted by molar-refractivity contribution is 7.13. The van der Waals surface area contributed by atoms with Gasteiger partial charge in [0.15, 0.2) is 0 Å². The lowest BCUT2D eigenvalue weighted by Gasteiger charge is -2.08. The lowest BCUT2D eigenvalue weighted by molar-refractivity contribution is -0.120. The van der Waals surface area contributed by atoms with Gasteiger partial charge >= 0.3 is 0 Å². The number of benzene rings is 2. The molecule has 30 heavy (non-hydrogen) atoms. The maximum atomic E-state index is 12.4. The Balaban J connectivity index is 1.33. The molecule has 1 amide bonds. The summed E-state index contributed by atoms with van der Waals surface area (Å²) in [6.07, 6.45) is 0.286. The molecule has 0 atom stereocenters. The molecule has 0 radical (unpaired) electrons. The largest absolute Gasteiger partial charge is 0.352 e. The summed E-state index contributed by atoms with van der Waals surface area (Å²) in [5.41, 5.74) is 6.28. The van der Waals surface area contributed by atoms with Gasteiger partial charge in [-0.3, -0.25) is 9.48 Å². The second kappa shape index (κ2) is 9.05. The fourth-order valence-electron chi connectivity index (χ4n) is 3.38. The lowest BCUT2D eigenvalue weighted by Crippen LogP contribution is -2.24. The van der Waals surface area contributed by atoms with Crippen molar-refractivity contribution in [3.05, 3.63) is 94.3 Å². The summed E-state index contributed by atoms with van der Waals surface area (Å²) in [6.45, 7) is 5.29. The molecule has 2 heterocycles. The zero-order valence-electron chi connectivity index (χ0n) is 17.1. The highest BCUT2D eigenvalue weighted by Crippen LogP contribution is 2.23. The Kier molecular flexibility index (Phi) is 6.05. The Morgan fingerprint density at radius 2 is 1.83 bits per heavy atom. The fraction of sp³-hybridized carbons (Fsp3) is 0.208. The van der Waals surface area contributed by atoms with Crippen molar-refractivity contribution < 1.29 is 4.79 Å². The highest BCUT2D eigenvalue weighted by Gasteiger charge is 2.09. The topological polar surface area (TPSA) is 59.8 Å². The van der Waals surface area contributed by atoms with Gasteiger partial charge in [0.1, 0.15) is 5.01 Å². The van der Waals surface area contributed by atoms with E-state index in [1.165, 1.54) is 5.56 Å². The highest BCUT2D eigenvalue weighted by atomic mass is 32.1. The number of carbonyl (C=O) groups excluding carboxylic acids is 1. The van der Waals surface area contributed by atoms with Crippen LogP contribution >= 0.6 is 11.3 Å². The first-order valence-corrected chi connectivity index (χ1v) is 10.8. The zero-order valence-corrected chi connectivity index (χ0v) is 17.9. The average molecular weight is 417 g/mol. The number of nitrogens with zero attached hydrogens (tertiary/aromatic N) is 3. The third-order valence-electron chi connectivity index (χ3n) is 4.83. The molecule has 2 aromatic carbocycles. The van der Waals surface area contributed by atoms with Crippen molar-refractivity contribution in [2.24, 2.45) is 0 Å². The molecule has 0 unspecified atom stereocenters. The molecule has 0 bridgehead atoms. The number of aromatic nitrogens is 3. The minimum atomic E-state index is -0.0242. The molecule has 1 N–H and O–H groups in total.